The summed E-state index contributed by atoms with van der Waals surface area (Å²) in [5.41, 5.74) is 7.84. The largest absolute Gasteiger partial charge is 0.377 e. The molecule has 0 fully saturated rings. The van der Waals surface area contributed by atoms with Crippen molar-refractivity contribution in [2.75, 3.05) is 5.32 Å². The molecule has 2 nitrogen and oxygen atoms in total. The normalized spacial score (nSPS) is 19.7. The Balaban J connectivity index is 1.65. The number of aromatic nitrogens is 1. The van der Waals surface area contributed by atoms with E-state index in [9.17, 15) is 0 Å². The van der Waals surface area contributed by atoms with Crippen molar-refractivity contribution in [2.24, 2.45) is 0 Å². The number of fused-ring (bicyclic) bond motifs is 7. The minimum absolute atomic E-state index is 0.294. The molecule has 2 unspecified atom stereocenters. The van der Waals surface area contributed by atoms with Gasteiger partial charge in [-0.3, -0.25) is 0 Å². The molecule has 4 aromatic rings. The van der Waals surface area contributed by atoms with E-state index in [0.717, 1.165) is 0 Å². The Hall–Kier alpha value is -3.26. The summed E-state index contributed by atoms with van der Waals surface area (Å²) >= 11 is 0. The molecule has 0 saturated carbocycles. The van der Waals surface area contributed by atoms with Gasteiger partial charge in [-0.2, -0.15) is 0 Å². The van der Waals surface area contributed by atoms with Gasteiger partial charge in [0.05, 0.1) is 17.3 Å². The lowest BCUT2D eigenvalue weighted by Gasteiger charge is -2.23. The van der Waals surface area contributed by atoms with Crippen molar-refractivity contribution in [1.29, 1.82) is 0 Å². The molecule has 1 aliphatic carbocycles. The van der Waals surface area contributed by atoms with Crippen molar-refractivity contribution < 1.29 is 0 Å². The molecule has 6 rings (SSSR count). The first-order chi connectivity index (χ1) is 12.9. The van der Waals surface area contributed by atoms with Crippen molar-refractivity contribution in [3.05, 3.63) is 102 Å². The van der Waals surface area contributed by atoms with Gasteiger partial charge in [0.15, 0.2) is 0 Å². The van der Waals surface area contributed by atoms with Crippen LogP contribution in [-0.4, -0.2) is 4.57 Å². The van der Waals surface area contributed by atoms with Crippen molar-refractivity contribution >= 4 is 22.7 Å². The first-order valence-corrected chi connectivity index (χ1v) is 9.14. The third-order valence-electron chi connectivity index (χ3n) is 5.73. The van der Waals surface area contributed by atoms with Gasteiger partial charge in [-0.15, -0.1) is 0 Å². The lowest BCUT2D eigenvalue weighted by Crippen LogP contribution is -2.14. The second-order valence-corrected chi connectivity index (χ2v) is 7.08. The minimum Gasteiger partial charge on any atom is -0.377 e. The van der Waals surface area contributed by atoms with Crippen molar-refractivity contribution in [2.45, 2.75) is 12.0 Å². The van der Waals surface area contributed by atoms with E-state index in [-0.39, 0.29) is 0 Å². The van der Waals surface area contributed by atoms with E-state index in [4.69, 9.17) is 0 Å². The molecule has 2 heterocycles. The summed E-state index contributed by atoms with van der Waals surface area (Å²) in [4.78, 5) is 0. The summed E-state index contributed by atoms with van der Waals surface area (Å²) in [6.45, 7) is 0. The van der Waals surface area contributed by atoms with E-state index in [1.807, 2.05) is 0 Å². The first kappa shape index (κ1) is 14.0. The van der Waals surface area contributed by atoms with Crippen LogP contribution in [0.15, 0.2) is 84.9 Å². The van der Waals surface area contributed by atoms with Crippen LogP contribution in [0.5, 0.6) is 0 Å². The quantitative estimate of drug-likeness (QED) is 0.458. The van der Waals surface area contributed by atoms with E-state index in [1.165, 1.54) is 39.1 Å². The van der Waals surface area contributed by atoms with Crippen molar-refractivity contribution in [3.8, 4) is 5.69 Å². The summed E-state index contributed by atoms with van der Waals surface area (Å²) in [5, 5.41) is 5.12. The molecule has 124 valence electrons. The van der Waals surface area contributed by atoms with E-state index in [2.05, 4.69) is 101 Å². The predicted molar refractivity (Wildman–Crippen MR) is 108 cm³/mol. The average molecular weight is 334 g/mol. The maximum absolute atomic E-state index is 3.78. The van der Waals surface area contributed by atoms with Gasteiger partial charge >= 0.3 is 0 Å². The number of nitrogens with zero attached hydrogens (tertiary/aromatic N) is 1. The fraction of sp³-hybridized carbons (Fsp3) is 0.0833. The highest BCUT2D eigenvalue weighted by Crippen LogP contribution is 2.51. The molecule has 0 bridgehead atoms. The van der Waals surface area contributed by atoms with Crippen LogP contribution in [0.1, 0.15) is 28.8 Å². The molecule has 26 heavy (non-hydrogen) atoms. The standard InChI is InChI=1S/C24H18N2/c1-2-8-16(9-3-1)26-21-13-7-5-11-19(21)23-22(26)15-14-18-17-10-4-6-12-20(17)25-24(18)23/h1-15,18,24-25H. The highest BCUT2D eigenvalue weighted by Gasteiger charge is 2.37. The summed E-state index contributed by atoms with van der Waals surface area (Å²) in [6.07, 6.45) is 4.68. The SMILES string of the molecule is C1=CC2c3ccccc3NC2c2c1n(-c1ccccc1)c1ccccc21. The third kappa shape index (κ3) is 1.76. The number of hydrogen-bond donors (Lipinski definition) is 1. The molecular formula is C24H18N2. The van der Waals surface area contributed by atoms with Crippen LogP contribution in [0.4, 0.5) is 5.69 Å². The molecule has 0 amide bonds. The van der Waals surface area contributed by atoms with Crippen LogP contribution < -0.4 is 5.32 Å². The summed E-state index contributed by atoms with van der Waals surface area (Å²) in [6, 6.07) is 28.4. The topological polar surface area (TPSA) is 17.0 Å². The van der Waals surface area contributed by atoms with Crippen molar-refractivity contribution in [3.63, 3.8) is 0 Å². The lowest BCUT2D eigenvalue weighted by atomic mass is 9.85. The fourth-order valence-corrected chi connectivity index (χ4v) is 4.65. The van der Waals surface area contributed by atoms with Gasteiger partial charge in [-0.05, 0) is 35.9 Å². The summed E-state index contributed by atoms with van der Waals surface area (Å²) in [5.74, 6) is 0.397. The van der Waals surface area contributed by atoms with Crippen LogP contribution >= 0.6 is 0 Å². The molecule has 1 aromatic heterocycles. The lowest BCUT2D eigenvalue weighted by molar-refractivity contribution is 0.728. The van der Waals surface area contributed by atoms with Gasteiger partial charge < -0.3 is 9.88 Å². The molecule has 1 aliphatic heterocycles. The highest BCUT2D eigenvalue weighted by molar-refractivity contribution is 5.92. The molecule has 2 heteroatoms. The smallest absolute Gasteiger partial charge is 0.0645 e. The zero-order valence-electron chi connectivity index (χ0n) is 14.3. The third-order valence-corrected chi connectivity index (χ3v) is 5.73. The molecule has 0 radical (unpaired) electrons. The Morgan fingerprint density at radius 3 is 2.46 bits per heavy atom. The van der Waals surface area contributed by atoms with Gasteiger partial charge in [-0.1, -0.05) is 60.7 Å². The Bertz CT molecular complexity index is 1170. The number of rotatable bonds is 1. The summed E-state index contributed by atoms with van der Waals surface area (Å²) in [7, 11) is 0. The van der Waals surface area contributed by atoms with Gasteiger partial charge in [0.1, 0.15) is 0 Å². The van der Waals surface area contributed by atoms with Gasteiger partial charge in [0.2, 0.25) is 0 Å². The monoisotopic (exact) mass is 334 g/mol. The Labute approximate surface area is 152 Å². The zero-order chi connectivity index (χ0) is 17.1. The van der Waals surface area contributed by atoms with E-state index in [1.54, 1.807) is 0 Å². The van der Waals surface area contributed by atoms with Gasteiger partial charge in [0.25, 0.3) is 0 Å². The Morgan fingerprint density at radius 2 is 1.54 bits per heavy atom. The molecule has 2 aliphatic rings. The number of para-hydroxylation sites is 3. The number of benzene rings is 3. The molecule has 0 saturated heterocycles. The fourth-order valence-electron chi connectivity index (χ4n) is 4.65. The number of nitrogens with one attached hydrogen (secondary N) is 1. The maximum atomic E-state index is 3.78. The second-order valence-electron chi connectivity index (χ2n) is 7.08. The van der Waals surface area contributed by atoms with Crippen LogP contribution in [-0.2, 0) is 0 Å². The van der Waals surface area contributed by atoms with Gasteiger partial charge in [-0.25, -0.2) is 0 Å². The van der Waals surface area contributed by atoms with Crippen LogP contribution in [0.3, 0.4) is 0 Å². The molecule has 0 spiro atoms. The van der Waals surface area contributed by atoms with Crippen LogP contribution in [0, 0.1) is 0 Å². The average Bonchev–Trinajstić information content (AvgIpc) is 3.24. The van der Waals surface area contributed by atoms with Crippen LogP contribution in [0.25, 0.3) is 22.7 Å². The Morgan fingerprint density at radius 1 is 0.769 bits per heavy atom. The second kappa shape index (κ2) is 5.12. The van der Waals surface area contributed by atoms with Gasteiger partial charge in [0, 0.05) is 28.2 Å². The molecule has 1 N–H and O–H groups in total. The highest BCUT2D eigenvalue weighted by atomic mass is 15.0. The van der Waals surface area contributed by atoms with Crippen molar-refractivity contribution in [1.82, 2.24) is 4.57 Å². The number of hydrogen-bond acceptors (Lipinski definition) is 1. The summed E-state index contributed by atoms with van der Waals surface area (Å²) < 4.78 is 2.39. The van der Waals surface area contributed by atoms with E-state index < -0.39 is 0 Å². The zero-order valence-corrected chi connectivity index (χ0v) is 14.3. The minimum atomic E-state index is 0.294. The van der Waals surface area contributed by atoms with Crippen LogP contribution in [0.2, 0.25) is 0 Å². The Kier molecular flexibility index (Phi) is 2.75. The first-order valence-electron chi connectivity index (χ1n) is 9.14. The predicted octanol–water partition coefficient (Wildman–Crippen LogP) is 5.91. The maximum Gasteiger partial charge on any atom is 0.0645 e. The molecule has 3 aromatic carbocycles. The number of anilines is 1. The molecular weight excluding hydrogens is 316 g/mol. The van der Waals surface area contributed by atoms with E-state index in [0.29, 0.717) is 12.0 Å². The molecule has 2 atom stereocenters. The van der Waals surface area contributed by atoms with E-state index >= 15 is 0 Å².